The van der Waals surface area contributed by atoms with E-state index < -0.39 is 0 Å². The molecule has 142 valence electrons. The molecule has 1 aromatic carbocycles. The number of carbonyl (C=O) groups excluding carboxylic acids is 1. The number of nitrogens with zero attached hydrogens (tertiary/aromatic N) is 1. The average molecular weight is 386 g/mol. The molecular weight excluding hydrogens is 364 g/mol. The highest BCUT2D eigenvalue weighted by Gasteiger charge is 2.23. The maximum atomic E-state index is 12.3. The lowest BCUT2D eigenvalue weighted by Gasteiger charge is -2.34. The summed E-state index contributed by atoms with van der Waals surface area (Å²) in [5, 5.41) is 5.11. The molecule has 1 N–H and O–H groups in total. The van der Waals surface area contributed by atoms with Gasteiger partial charge < -0.3 is 19.5 Å². The molecule has 0 radical (unpaired) electrons. The molecule has 1 amide bonds. The highest BCUT2D eigenvalue weighted by Crippen LogP contribution is 2.32. The van der Waals surface area contributed by atoms with Gasteiger partial charge in [0.15, 0.2) is 11.5 Å². The van der Waals surface area contributed by atoms with Crippen molar-refractivity contribution >= 4 is 23.3 Å². The Balaban J connectivity index is 1.36. The number of fused-ring (bicyclic) bond motifs is 1. The normalized spacial score (nSPS) is 17.9. The summed E-state index contributed by atoms with van der Waals surface area (Å²) in [6.07, 6.45) is 3.34. The van der Waals surface area contributed by atoms with Crippen LogP contribution in [-0.4, -0.2) is 50.4 Å². The number of rotatable bonds is 6. The number of hydrogen-bond acceptors (Lipinski definition) is 6. The zero-order valence-corrected chi connectivity index (χ0v) is 15.7. The van der Waals surface area contributed by atoms with Gasteiger partial charge in [-0.05, 0) is 35.2 Å². The maximum absolute atomic E-state index is 12.3. The van der Waals surface area contributed by atoms with Crippen molar-refractivity contribution in [2.24, 2.45) is 0 Å². The number of benzene rings is 1. The van der Waals surface area contributed by atoms with Gasteiger partial charge in [0.2, 0.25) is 12.7 Å². The lowest BCUT2D eigenvalue weighted by Crippen LogP contribution is -2.43. The monoisotopic (exact) mass is 386 g/mol. The summed E-state index contributed by atoms with van der Waals surface area (Å²) in [4.78, 5) is 15.9. The van der Waals surface area contributed by atoms with E-state index in [2.05, 4.69) is 27.7 Å². The van der Waals surface area contributed by atoms with Crippen LogP contribution in [0.2, 0.25) is 0 Å². The first kappa shape index (κ1) is 18.0. The summed E-state index contributed by atoms with van der Waals surface area (Å²) in [5.74, 6) is 1.34. The van der Waals surface area contributed by atoms with Crippen molar-refractivity contribution in [2.45, 2.75) is 6.04 Å². The molecule has 0 aliphatic carbocycles. The van der Waals surface area contributed by atoms with E-state index in [4.69, 9.17) is 14.2 Å². The van der Waals surface area contributed by atoms with Crippen LogP contribution in [0.15, 0.2) is 41.8 Å². The van der Waals surface area contributed by atoms with Crippen molar-refractivity contribution in [3.63, 3.8) is 0 Å². The Hall–Kier alpha value is -2.35. The highest BCUT2D eigenvalue weighted by molar-refractivity contribution is 7.10. The Bertz CT molecular complexity index is 800. The largest absolute Gasteiger partial charge is 0.454 e. The first-order valence-corrected chi connectivity index (χ1v) is 9.88. The zero-order valence-electron chi connectivity index (χ0n) is 14.9. The van der Waals surface area contributed by atoms with Gasteiger partial charge in [-0.1, -0.05) is 12.1 Å². The summed E-state index contributed by atoms with van der Waals surface area (Å²) in [6, 6.07) is 9.98. The second kappa shape index (κ2) is 8.56. The Morgan fingerprint density at radius 3 is 2.89 bits per heavy atom. The van der Waals surface area contributed by atoms with E-state index >= 15 is 0 Å². The van der Waals surface area contributed by atoms with Crippen molar-refractivity contribution in [2.75, 3.05) is 39.6 Å². The van der Waals surface area contributed by atoms with Gasteiger partial charge in [-0.2, -0.15) is 0 Å². The summed E-state index contributed by atoms with van der Waals surface area (Å²) < 4.78 is 16.1. The fourth-order valence-electron chi connectivity index (χ4n) is 3.22. The fraction of sp³-hybridized carbons (Fsp3) is 0.350. The van der Waals surface area contributed by atoms with Crippen molar-refractivity contribution in [1.29, 1.82) is 0 Å². The van der Waals surface area contributed by atoms with E-state index in [0.717, 1.165) is 37.6 Å². The second-order valence-electron chi connectivity index (χ2n) is 6.37. The minimum Gasteiger partial charge on any atom is -0.454 e. The number of morpholine rings is 1. The summed E-state index contributed by atoms with van der Waals surface area (Å²) >= 11 is 1.72. The van der Waals surface area contributed by atoms with Gasteiger partial charge >= 0.3 is 0 Å². The quantitative estimate of drug-likeness (QED) is 0.774. The molecule has 7 heteroatoms. The summed E-state index contributed by atoms with van der Waals surface area (Å²) in [6.45, 7) is 4.05. The molecule has 2 aliphatic heterocycles. The van der Waals surface area contributed by atoms with E-state index in [0.29, 0.717) is 12.3 Å². The number of ether oxygens (including phenoxy) is 3. The average Bonchev–Trinajstić information content (AvgIpc) is 3.39. The third-order valence-electron chi connectivity index (χ3n) is 4.65. The molecule has 1 atom stereocenters. The van der Waals surface area contributed by atoms with E-state index in [1.807, 2.05) is 18.2 Å². The number of amides is 1. The standard InChI is InChI=1S/C20H22N2O4S/c23-20(6-4-15-3-5-17-18(12-15)26-14-25-17)21-13-16(19-2-1-11-27-19)22-7-9-24-10-8-22/h1-6,11-12,16H,7-10,13-14H2,(H,21,23)/b6-4+. The molecule has 1 saturated heterocycles. The Morgan fingerprint density at radius 1 is 1.22 bits per heavy atom. The minimum atomic E-state index is -0.109. The van der Waals surface area contributed by atoms with Gasteiger partial charge in [0.05, 0.1) is 19.3 Å². The summed E-state index contributed by atoms with van der Waals surface area (Å²) in [5.41, 5.74) is 0.900. The molecule has 0 saturated carbocycles. The van der Waals surface area contributed by atoms with E-state index in [1.165, 1.54) is 4.88 Å². The Kier molecular flexibility index (Phi) is 5.72. The first-order valence-electron chi connectivity index (χ1n) is 9.00. The van der Waals surface area contributed by atoms with Crippen LogP contribution in [0.1, 0.15) is 16.5 Å². The van der Waals surface area contributed by atoms with Crippen LogP contribution >= 0.6 is 11.3 Å². The molecule has 3 heterocycles. The Morgan fingerprint density at radius 2 is 2.07 bits per heavy atom. The van der Waals surface area contributed by atoms with Crippen LogP contribution in [0.3, 0.4) is 0 Å². The topological polar surface area (TPSA) is 60.0 Å². The first-order chi connectivity index (χ1) is 13.3. The zero-order chi connectivity index (χ0) is 18.5. The van der Waals surface area contributed by atoms with Crippen LogP contribution in [0.25, 0.3) is 6.08 Å². The fourth-order valence-corrected chi connectivity index (χ4v) is 4.09. The van der Waals surface area contributed by atoms with Gasteiger partial charge in [-0.25, -0.2) is 0 Å². The van der Waals surface area contributed by atoms with Crippen LogP contribution < -0.4 is 14.8 Å². The van der Waals surface area contributed by atoms with Crippen LogP contribution in [0, 0.1) is 0 Å². The van der Waals surface area contributed by atoms with Crippen LogP contribution in [0.5, 0.6) is 11.5 Å². The third-order valence-corrected chi connectivity index (χ3v) is 5.63. The molecule has 1 fully saturated rings. The van der Waals surface area contributed by atoms with Crippen LogP contribution in [0.4, 0.5) is 0 Å². The SMILES string of the molecule is O=C(/C=C/c1ccc2c(c1)OCO2)NCC(c1cccs1)N1CCOCC1. The minimum absolute atomic E-state index is 0.109. The predicted octanol–water partition coefficient (Wildman–Crippen LogP) is 2.68. The molecule has 27 heavy (non-hydrogen) atoms. The summed E-state index contributed by atoms with van der Waals surface area (Å²) in [7, 11) is 0. The lowest BCUT2D eigenvalue weighted by atomic mass is 10.1. The highest BCUT2D eigenvalue weighted by atomic mass is 32.1. The maximum Gasteiger partial charge on any atom is 0.244 e. The lowest BCUT2D eigenvalue weighted by molar-refractivity contribution is -0.116. The van der Waals surface area contributed by atoms with E-state index in [9.17, 15) is 4.79 Å². The van der Waals surface area contributed by atoms with Gasteiger partial charge in [-0.3, -0.25) is 9.69 Å². The van der Waals surface area contributed by atoms with Crippen molar-refractivity contribution in [1.82, 2.24) is 10.2 Å². The smallest absolute Gasteiger partial charge is 0.244 e. The van der Waals surface area contributed by atoms with Crippen molar-refractivity contribution < 1.29 is 19.0 Å². The predicted molar refractivity (Wildman–Crippen MR) is 104 cm³/mol. The number of carbonyl (C=O) groups is 1. The molecule has 6 nitrogen and oxygen atoms in total. The molecule has 4 rings (SSSR count). The molecule has 2 aromatic rings. The molecule has 1 aromatic heterocycles. The molecule has 0 bridgehead atoms. The molecule has 1 unspecified atom stereocenters. The van der Waals surface area contributed by atoms with Crippen molar-refractivity contribution in [3.05, 3.63) is 52.2 Å². The Labute approximate surface area is 162 Å². The molecular formula is C20H22N2O4S. The molecule has 2 aliphatic rings. The van der Waals surface area contributed by atoms with Gasteiger partial charge in [0.25, 0.3) is 0 Å². The number of nitrogens with one attached hydrogen (secondary N) is 1. The van der Waals surface area contributed by atoms with Crippen molar-refractivity contribution in [3.8, 4) is 11.5 Å². The number of thiophene rings is 1. The van der Waals surface area contributed by atoms with E-state index in [1.54, 1.807) is 23.5 Å². The number of hydrogen-bond donors (Lipinski definition) is 1. The third kappa shape index (κ3) is 4.50. The second-order valence-corrected chi connectivity index (χ2v) is 7.35. The van der Waals surface area contributed by atoms with Gasteiger partial charge in [-0.15, -0.1) is 11.3 Å². The van der Waals surface area contributed by atoms with Crippen LogP contribution in [-0.2, 0) is 9.53 Å². The van der Waals surface area contributed by atoms with Gasteiger partial charge in [0.1, 0.15) is 0 Å². The van der Waals surface area contributed by atoms with Gasteiger partial charge in [0, 0.05) is 30.6 Å². The van der Waals surface area contributed by atoms with E-state index in [-0.39, 0.29) is 18.7 Å². The molecule has 0 spiro atoms.